The van der Waals surface area contributed by atoms with E-state index in [1.165, 1.54) is 88.3 Å². The number of benzene rings is 10. The third kappa shape index (κ3) is 5.93. The molecule has 0 heterocycles. The second kappa shape index (κ2) is 14.4. The average Bonchev–Trinajstić information content (AvgIpc) is 3.55. The van der Waals surface area contributed by atoms with Crippen LogP contribution in [0.2, 0.25) is 0 Å². The summed E-state index contributed by atoms with van der Waals surface area (Å²) in [6.45, 7) is 4.74. The van der Waals surface area contributed by atoms with Crippen LogP contribution in [-0.2, 0) is 5.41 Å². The molecule has 1 nitrogen and oxygen atoms in total. The zero-order valence-electron chi connectivity index (χ0n) is 33.8. The fraction of sp³-hybridized carbons (Fsp3) is 0.0508. The zero-order valence-corrected chi connectivity index (χ0v) is 33.8. The van der Waals surface area contributed by atoms with E-state index >= 15 is 0 Å². The summed E-state index contributed by atoms with van der Waals surface area (Å²) in [7, 11) is 0. The van der Waals surface area contributed by atoms with Crippen LogP contribution in [0.1, 0.15) is 25.0 Å². The Morgan fingerprint density at radius 2 is 0.650 bits per heavy atom. The van der Waals surface area contributed by atoms with Gasteiger partial charge in [0.2, 0.25) is 0 Å². The number of anilines is 3. The Kier molecular flexibility index (Phi) is 8.57. The van der Waals surface area contributed by atoms with Crippen molar-refractivity contribution in [3.8, 4) is 55.6 Å². The molecule has 60 heavy (non-hydrogen) atoms. The fourth-order valence-electron chi connectivity index (χ4n) is 9.69. The van der Waals surface area contributed by atoms with Crippen molar-refractivity contribution >= 4 is 38.6 Å². The lowest BCUT2D eigenvalue weighted by molar-refractivity contribution is 0.660. The van der Waals surface area contributed by atoms with Crippen LogP contribution in [0.5, 0.6) is 0 Å². The summed E-state index contributed by atoms with van der Waals surface area (Å²) in [5.41, 5.74) is 18.5. The highest BCUT2D eigenvalue weighted by Gasteiger charge is 2.35. The molecule has 0 aromatic heterocycles. The second-order valence-corrected chi connectivity index (χ2v) is 16.5. The normalized spacial score (nSPS) is 12.6. The highest BCUT2D eigenvalue weighted by molar-refractivity contribution is 6.21. The fourth-order valence-corrected chi connectivity index (χ4v) is 9.69. The van der Waals surface area contributed by atoms with Gasteiger partial charge in [-0.1, -0.05) is 196 Å². The van der Waals surface area contributed by atoms with E-state index in [1.807, 2.05) is 0 Å². The Labute approximate surface area is 352 Å². The molecule has 0 saturated heterocycles. The van der Waals surface area contributed by atoms with E-state index in [0.29, 0.717) is 0 Å². The molecule has 0 unspecified atom stereocenters. The van der Waals surface area contributed by atoms with Gasteiger partial charge in [-0.2, -0.15) is 0 Å². The van der Waals surface area contributed by atoms with E-state index < -0.39 is 0 Å². The minimum Gasteiger partial charge on any atom is -0.311 e. The van der Waals surface area contributed by atoms with Gasteiger partial charge in [-0.15, -0.1) is 0 Å². The lowest BCUT2D eigenvalue weighted by atomic mass is 9.80. The number of rotatable bonds is 7. The molecule has 1 aliphatic carbocycles. The van der Waals surface area contributed by atoms with Gasteiger partial charge in [0.05, 0.1) is 0 Å². The molecule has 0 bridgehead atoms. The molecule has 1 heteroatoms. The van der Waals surface area contributed by atoms with Crippen LogP contribution >= 0.6 is 0 Å². The van der Waals surface area contributed by atoms with Crippen molar-refractivity contribution in [3.05, 3.63) is 236 Å². The van der Waals surface area contributed by atoms with Crippen LogP contribution < -0.4 is 4.90 Å². The van der Waals surface area contributed by atoms with Crippen molar-refractivity contribution in [3.63, 3.8) is 0 Å². The first kappa shape index (κ1) is 35.7. The number of fused-ring (bicyclic) bond motifs is 6. The third-order valence-corrected chi connectivity index (χ3v) is 12.7. The van der Waals surface area contributed by atoms with E-state index in [9.17, 15) is 0 Å². The van der Waals surface area contributed by atoms with Crippen LogP contribution in [-0.4, -0.2) is 0 Å². The lowest BCUT2D eigenvalue weighted by Gasteiger charge is -2.26. The summed E-state index contributed by atoms with van der Waals surface area (Å²) in [5, 5.41) is 5.06. The molecule has 0 saturated carbocycles. The molecule has 11 rings (SSSR count). The molecule has 1 aliphatic rings. The summed E-state index contributed by atoms with van der Waals surface area (Å²) < 4.78 is 0. The van der Waals surface area contributed by atoms with Crippen LogP contribution in [0.25, 0.3) is 77.2 Å². The number of hydrogen-bond acceptors (Lipinski definition) is 1. The molecule has 0 aliphatic heterocycles. The Morgan fingerprint density at radius 3 is 1.17 bits per heavy atom. The first-order chi connectivity index (χ1) is 29.5. The molecule has 0 spiro atoms. The van der Waals surface area contributed by atoms with Crippen molar-refractivity contribution in [1.82, 2.24) is 0 Å². The van der Waals surface area contributed by atoms with E-state index in [2.05, 4.69) is 243 Å². The minimum atomic E-state index is -0.0988. The highest BCUT2D eigenvalue weighted by atomic mass is 15.1. The molecule has 284 valence electrons. The van der Waals surface area contributed by atoms with E-state index in [1.54, 1.807) is 0 Å². The Morgan fingerprint density at radius 1 is 0.283 bits per heavy atom. The van der Waals surface area contributed by atoms with Gasteiger partial charge < -0.3 is 4.90 Å². The predicted octanol–water partition coefficient (Wildman–Crippen LogP) is 16.4. The van der Waals surface area contributed by atoms with Crippen molar-refractivity contribution in [2.75, 3.05) is 4.90 Å². The Bertz CT molecular complexity index is 3100. The quantitative estimate of drug-likeness (QED) is 0.146. The van der Waals surface area contributed by atoms with E-state index in [-0.39, 0.29) is 5.41 Å². The largest absolute Gasteiger partial charge is 0.311 e. The summed E-state index contributed by atoms with van der Waals surface area (Å²) in [4.78, 5) is 2.37. The van der Waals surface area contributed by atoms with Crippen molar-refractivity contribution in [2.24, 2.45) is 0 Å². The number of nitrogens with zero attached hydrogens (tertiary/aromatic N) is 1. The number of hydrogen-bond donors (Lipinski definition) is 0. The summed E-state index contributed by atoms with van der Waals surface area (Å²) in [5.74, 6) is 0. The molecule has 0 radical (unpaired) electrons. The van der Waals surface area contributed by atoms with E-state index in [4.69, 9.17) is 0 Å². The van der Waals surface area contributed by atoms with Crippen molar-refractivity contribution < 1.29 is 0 Å². The van der Waals surface area contributed by atoms with Crippen molar-refractivity contribution in [1.29, 1.82) is 0 Å². The van der Waals surface area contributed by atoms with Gasteiger partial charge in [-0.25, -0.2) is 0 Å². The Hall–Kier alpha value is -7.48. The maximum absolute atomic E-state index is 2.48. The van der Waals surface area contributed by atoms with Gasteiger partial charge >= 0.3 is 0 Å². The zero-order chi connectivity index (χ0) is 40.2. The maximum Gasteiger partial charge on any atom is 0.0462 e. The average molecular weight is 766 g/mol. The molecule has 0 fully saturated rings. The molecule has 10 aromatic carbocycles. The lowest BCUT2D eigenvalue weighted by Crippen LogP contribution is -2.14. The van der Waals surface area contributed by atoms with Gasteiger partial charge in [-0.05, 0) is 131 Å². The topological polar surface area (TPSA) is 3.24 Å². The SMILES string of the molecule is CC1(C)c2ccccc2-c2ccc(-c3c(-c4ccc(N(c5ccc(-c6ccccc6)cc5)c5ccc(-c6ccccc6)cc5)cc4)c4ccccc4c4ccccc34)cc21. The molecule has 0 amide bonds. The first-order valence-corrected chi connectivity index (χ1v) is 20.9. The summed E-state index contributed by atoms with van der Waals surface area (Å²) >= 11 is 0. The summed E-state index contributed by atoms with van der Waals surface area (Å²) in [6.07, 6.45) is 0. The third-order valence-electron chi connectivity index (χ3n) is 12.7. The predicted molar refractivity (Wildman–Crippen MR) is 255 cm³/mol. The first-order valence-electron chi connectivity index (χ1n) is 20.9. The van der Waals surface area contributed by atoms with Crippen LogP contribution in [0.3, 0.4) is 0 Å². The monoisotopic (exact) mass is 765 g/mol. The molecule has 0 N–H and O–H groups in total. The van der Waals surface area contributed by atoms with Gasteiger partial charge in [-0.3, -0.25) is 0 Å². The maximum atomic E-state index is 2.48. The van der Waals surface area contributed by atoms with Crippen LogP contribution in [0.15, 0.2) is 224 Å². The molecular formula is C59H43N. The van der Waals surface area contributed by atoms with Crippen LogP contribution in [0.4, 0.5) is 17.1 Å². The van der Waals surface area contributed by atoms with Gasteiger partial charge in [0, 0.05) is 22.5 Å². The molecule has 10 aromatic rings. The van der Waals surface area contributed by atoms with E-state index in [0.717, 1.165) is 17.1 Å². The standard InChI is InChI=1S/C59H43N/c1-59(2)55-24-14-13-21-51(55)52-38-31-45(39-56(52)59)58-54-23-12-10-20-50(54)49-19-9-11-22-53(49)57(58)44-29-36-48(37-30-44)60(46-32-25-42(26-33-46)40-15-5-3-6-16-40)47-34-27-43(28-35-47)41-17-7-4-8-18-41/h3-39H,1-2H3. The second-order valence-electron chi connectivity index (χ2n) is 16.5. The van der Waals surface area contributed by atoms with Gasteiger partial charge in [0.1, 0.15) is 0 Å². The molecule has 0 atom stereocenters. The smallest absolute Gasteiger partial charge is 0.0462 e. The molecular weight excluding hydrogens is 723 g/mol. The van der Waals surface area contributed by atoms with Crippen molar-refractivity contribution in [2.45, 2.75) is 19.3 Å². The Balaban J connectivity index is 1.07. The summed E-state index contributed by atoms with van der Waals surface area (Å²) in [6, 6.07) is 82.3. The minimum absolute atomic E-state index is 0.0988. The van der Waals surface area contributed by atoms with Gasteiger partial charge in [0.25, 0.3) is 0 Å². The van der Waals surface area contributed by atoms with Crippen LogP contribution in [0, 0.1) is 0 Å². The van der Waals surface area contributed by atoms with Gasteiger partial charge in [0.15, 0.2) is 0 Å². The highest BCUT2D eigenvalue weighted by Crippen LogP contribution is 2.52.